The molecule has 2 aliphatic rings. The largest absolute Gasteiger partial charge is 0.336 e. The first-order valence-electron chi connectivity index (χ1n) is 8.78. The van der Waals surface area contributed by atoms with Gasteiger partial charge in [-0.3, -0.25) is 14.8 Å². The fourth-order valence-corrected chi connectivity index (χ4v) is 3.99. The summed E-state index contributed by atoms with van der Waals surface area (Å²) < 4.78 is 0. The van der Waals surface area contributed by atoms with Crippen molar-refractivity contribution in [1.29, 1.82) is 0 Å². The molecule has 2 fully saturated rings. The highest BCUT2D eigenvalue weighted by Crippen LogP contribution is 2.24. The van der Waals surface area contributed by atoms with Gasteiger partial charge in [0.25, 0.3) is 5.91 Å². The Kier molecular flexibility index (Phi) is 4.04. The summed E-state index contributed by atoms with van der Waals surface area (Å²) in [4.78, 5) is 17.3. The van der Waals surface area contributed by atoms with Crippen LogP contribution >= 0.6 is 0 Å². The van der Waals surface area contributed by atoms with E-state index in [1.165, 1.54) is 32.1 Å². The molecule has 0 radical (unpaired) electrons. The van der Waals surface area contributed by atoms with Gasteiger partial charge < -0.3 is 4.90 Å². The molecule has 1 aliphatic carbocycles. The molecule has 0 bridgehead atoms. The fraction of sp³-hybridized carbons (Fsp3) is 0.556. The highest BCUT2D eigenvalue weighted by molar-refractivity contribution is 5.97. The van der Waals surface area contributed by atoms with E-state index in [2.05, 4.69) is 15.1 Å². The second-order valence-electron chi connectivity index (χ2n) is 6.79. The Morgan fingerprint density at radius 2 is 1.87 bits per heavy atom. The molecular formula is C18H24N4O. The minimum absolute atomic E-state index is 0.143. The van der Waals surface area contributed by atoms with Gasteiger partial charge >= 0.3 is 0 Å². The van der Waals surface area contributed by atoms with Gasteiger partial charge in [-0.1, -0.05) is 25.3 Å². The Morgan fingerprint density at radius 1 is 1.09 bits per heavy atom. The summed E-state index contributed by atoms with van der Waals surface area (Å²) in [5.74, 6) is 0.143. The fourth-order valence-electron chi connectivity index (χ4n) is 3.99. The Bertz CT molecular complexity index is 681. The van der Waals surface area contributed by atoms with Crippen molar-refractivity contribution in [1.82, 2.24) is 20.0 Å². The third-order valence-corrected chi connectivity index (χ3v) is 5.38. The summed E-state index contributed by atoms with van der Waals surface area (Å²) in [7, 11) is 0. The third-order valence-electron chi connectivity index (χ3n) is 5.38. The molecule has 23 heavy (non-hydrogen) atoms. The number of hydrogen-bond acceptors (Lipinski definition) is 3. The van der Waals surface area contributed by atoms with Gasteiger partial charge in [0.2, 0.25) is 0 Å². The van der Waals surface area contributed by atoms with Crippen molar-refractivity contribution in [2.24, 2.45) is 0 Å². The van der Waals surface area contributed by atoms with Crippen LogP contribution in [0.5, 0.6) is 0 Å². The number of rotatable bonds is 2. The quantitative estimate of drug-likeness (QED) is 0.927. The van der Waals surface area contributed by atoms with Gasteiger partial charge in [0.15, 0.2) is 0 Å². The molecule has 2 aromatic rings. The van der Waals surface area contributed by atoms with Crippen molar-refractivity contribution in [3.8, 4) is 0 Å². The molecule has 0 spiro atoms. The number of aromatic nitrogens is 2. The van der Waals surface area contributed by atoms with Gasteiger partial charge in [0.05, 0.1) is 11.7 Å². The van der Waals surface area contributed by atoms with Crippen LogP contribution < -0.4 is 0 Å². The summed E-state index contributed by atoms with van der Waals surface area (Å²) in [5, 5.41) is 8.00. The lowest BCUT2D eigenvalue weighted by atomic mass is 9.94. The minimum Gasteiger partial charge on any atom is -0.336 e. The topological polar surface area (TPSA) is 52.2 Å². The lowest BCUT2D eigenvalue weighted by molar-refractivity contribution is 0.0523. The van der Waals surface area contributed by atoms with Crippen molar-refractivity contribution >= 4 is 16.8 Å². The molecule has 2 heterocycles. The second kappa shape index (κ2) is 6.32. The number of nitrogens with zero attached hydrogens (tertiary/aromatic N) is 3. The molecule has 1 N–H and O–H groups in total. The number of benzene rings is 1. The molecular weight excluding hydrogens is 288 g/mol. The first-order valence-corrected chi connectivity index (χ1v) is 8.78. The summed E-state index contributed by atoms with van der Waals surface area (Å²) in [6, 6.07) is 6.54. The van der Waals surface area contributed by atoms with Crippen LogP contribution in [0.1, 0.15) is 42.5 Å². The minimum atomic E-state index is 0.143. The molecule has 122 valence electrons. The predicted molar refractivity (Wildman–Crippen MR) is 90.4 cm³/mol. The maximum absolute atomic E-state index is 12.7. The average molecular weight is 312 g/mol. The lowest BCUT2D eigenvalue weighted by Crippen LogP contribution is -2.52. The summed E-state index contributed by atoms with van der Waals surface area (Å²) >= 11 is 0. The molecule has 0 unspecified atom stereocenters. The van der Waals surface area contributed by atoms with Crippen molar-refractivity contribution < 1.29 is 4.79 Å². The van der Waals surface area contributed by atoms with E-state index in [0.717, 1.165) is 48.7 Å². The molecule has 5 nitrogen and oxygen atoms in total. The highest BCUT2D eigenvalue weighted by atomic mass is 16.2. The maximum atomic E-state index is 12.7. The van der Waals surface area contributed by atoms with E-state index in [1.807, 2.05) is 23.1 Å². The van der Waals surface area contributed by atoms with Crippen molar-refractivity contribution in [2.75, 3.05) is 26.2 Å². The SMILES string of the molecule is O=C(c1ccc2cn[nH]c2c1)N1CCN(C2CCCCC2)CC1. The first-order chi connectivity index (χ1) is 11.3. The summed E-state index contributed by atoms with van der Waals surface area (Å²) in [6.07, 6.45) is 8.59. The standard InChI is InChI=1S/C18H24N4O/c23-18(14-6-7-15-13-19-20-17(15)12-14)22-10-8-21(9-11-22)16-4-2-1-3-5-16/h6-7,12-13,16H,1-5,8-11H2,(H,19,20). The monoisotopic (exact) mass is 312 g/mol. The zero-order valence-electron chi connectivity index (χ0n) is 13.5. The number of carbonyl (C=O) groups excluding carboxylic acids is 1. The van der Waals surface area contributed by atoms with E-state index in [-0.39, 0.29) is 5.91 Å². The zero-order valence-corrected chi connectivity index (χ0v) is 13.5. The van der Waals surface area contributed by atoms with E-state index >= 15 is 0 Å². The van der Waals surface area contributed by atoms with E-state index in [9.17, 15) is 4.79 Å². The number of hydrogen-bond donors (Lipinski definition) is 1. The maximum Gasteiger partial charge on any atom is 0.254 e. The van der Waals surface area contributed by atoms with E-state index < -0.39 is 0 Å². The van der Waals surface area contributed by atoms with Gasteiger partial charge in [-0.25, -0.2) is 0 Å². The molecule has 1 saturated carbocycles. The third kappa shape index (κ3) is 2.98. The zero-order chi connectivity index (χ0) is 15.6. The van der Waals surface area contributed by atoms with Crippen LogP contribution in [0.15, 0.2) is 24.4 Å². The Morgan fingerprint density at radius 3 is 2.65 bits per heavy atom. The highest BCUT2D eigenvalue weighted by Gasteiger charge is 2.27. The molecule has 0 atom stereocenters. The van der Waals surface area contributed by atoms with Crippen LogP contribution in [0.25, 0.3) is 10.9 Å². The summed E-state index contributed by atoms with van der Waals surface area (Å²) in [5.41, 5.74) is 1.68. The van der Waals surface area contributed by atoms with Crippen molar-refractivity contribution in [3.63, 3.8) is 0 Å². The smallest absolute Gasteiger partial charge is 0.254 e. The van der Waals surface area contributed by atoms with Crippen LogP contribution in [0.4, 0.5) is 0 Å². The lowest BCUT2D eigenvalue weighted by Gasteiger charge is -2.40. The Hall–Kier alpha value is -1.88. The van der Waals surface area contributed by atoms with Gasteiger partial charge in [-0.2, -0.15) is 5.10 Å². The second-order valence-corrected chi connectivity index (χ2v) is 6.79. The summed E-state index contributed by atoms with van der Waals surface area (Å²) in [6.45, 7) is 3.72. The number of aromatic amines is 1. The van der Waals surface area contributed by atoms with Crippen molar-refractivity contribution in [3.05, 3.63) is 30.0 Å². The number of fused-ring (bicyclic) bond motifs is 1. The Balaban J connectivity index is 1.40. The molecule has 1 aromatic heterocycles. The van der Waals surface area contributed by atoms with Crippen LogP contribution in [0, 0.1) is 0 Å². The van der Waals surface area contributed by atoms with Gasteiger partial charge in [0, 0.05) is 43.2 Å². The van der Waals surface area contributed by atoms with Crippen molar-refractivity contribution in [2.45, 2.75) is 38.1 Å². The van der Waals surface area contributed by atoms with Gasteiger partial charge in [-0.05, 0) is 25.0 Å². The van der Waals surface area contributed by atoms with Crippen LogP contribution in [0.2, 0.25) is 0 Å². The normalized spacial score (nSPS) is 21.0. The number of H-pyrrole nitrogens is 1. The number of carbonyl (C=O) groups is 1. The number of nitrogens with one attached hydrogen (secondary N) is 1. The van der Waals surface area contributed by atoms with E-state index in [1.54, 1.807) is 6.20 Å². The number of piperazine rings is 1. The Labute approximate surface area is 136 Å². The molecule has 1 amide bonds. The average Bonchev–Trinajstić information content (AvgIpc) is 3.10. The van der Waals surface area contributed by atoms with Gasteiger partial charge in [0.1, 0.15) is 0 Å². The van der Waals surface area contributed by atoms with Crippen LogP contribution in [0.3, 0.4) is 0 Å². The molecule has 1 saturated heterocycles. The van der Waals surface area contributed by atoms with Gasteiger partial charge in [-0.15, -0.1) is 0 Å². The molecule has 4 rings (SSSR count). The predicted octanol–water partition coefficient (Wildman–Crippen LogP) is 2.65. The van der Waals surface area contributed by atoms with Crippen LogP contribution in [-0.2, 0) is 0 Å². The van der Waals surface area contributed by atoms with E-state index in [0.29, 0.717) is 0 Å². The number of amides is 1. The van der Waals surface area contributed by atoms with Crippen LogP contribution in [-0.4, -0.2) is 58.1 Å². The first kappa shape index (κ1) is 14.7. The molecule has 1 aliphatic heterocycles. The molecule has 1 aromatic carbocycles. The van der Waals surface area contributed by atoms with E-state index in [4.69, 9.17) is 0 Å². The molecule has 5 heteroatoms.